The zero-order chi connectivity index (χ0) is 7.23. The van der Waals surface area contributed by atoms with Crippen LogP contribution in [0, 0.1) is 0 Å². The van der Waals surface area contributed by atoms with Crippen molar-refractivity contribution in [2.24, 2.45) is 0 Å². The number of hydrogen-bond donors (Lipinski definition) is 1. The van der Waals surface area contributed by atoms with Gasteiger partial charge in [-0.1, -0.05) is 13.3 Å². The standard InChI is InChI=1S/C8H17NS/c1-2-10-7-8-5-3-4-6-9-8/h8-9H,2-7H2,1H3/t8-/m1/s1. The van der Waals surface area contributed by atoms with E-state index in [2.05, 4.69) is 24.0 Å². The van der Waals surface area contributed by atoms with Crippen LogP contribution >= 0.6 is 11.8 Å². The van der Waals surface area contributed by atoms with E-state index in [1.54, 1.807) is 0 Å². The monoisotopic (exact) mass is 159 g/mol. The second-order valence-corrected chi connectivity index (χ2v) is 4.13. The van der Waals surface area contributed by atoms with Crippen molar-refractivity contribution in [3.05, 3.63) is 0 Å². The van der Waals surface area contributed by atoms with Gasteiger partial charge in [-0.25, -0.2) is 0 Å². The van der Waals surface area contributed by atoms with E-state index in [4.69, 9.17) is 0 Å². The highest BCUT2D eigenvalue weighted by molar-refractivity contribution is 7.99. The Morgan fingerprint density at radius 2 is 2.40 bits per heavy atom. The molecule has 1 saturated heterocycles. The van der Waals surface area contributed by atoms with Crippen molar-refractivity contribution in [3.8, 4) is 0 Å². The van der Waals surface area contributed by atoms with Crippen LogP contribution in [0.3, 0.4) is 0 Å². The minimum Gasteiger partial charge on any atom is -0.313 e. The molecule has 0 aliphatic carbocycles. The van der Waals surface area contributed by atoms with Crippen molar-refractivity contribution >= 4 is 11.8 Å². The topological polar surface area (TPSA) is 12.0 Å². The van der Waals surface area contributed by atoms with Crippen molar-refractivity contribution in [2.75, 3.05) is 18.1 Å². The van der Waals surface area contributed by atoms with E-state index in [0.29, 0.717) is 0 Å². The van der Waals surface area contributed by atoms with Gasteiger partial charge in [0.05, 0.1) is 0 Å². The van der Waals surface area contributed by atoms with Gasteiger partial charge in [-0.05, 0) is 25.1 Å². The number of piperidine rings is 1. The van der Waals surface area contributed by atoms with E-state index < -0.39 is 0 Å². The lowest BCUT2D eigenvalue weighted by Gasteiger charge is -2.22. The van der Waals surface area contributed by atoms with Gasteiger partial charge in [0.1, 0.15) is 0 Å². The fourth-order valence-electron chi connectivity index (χ4n) is 1.33. The molecule has 60 valence electrons. The van der Waals surface area contributed by atoms with Gasteiger partial charge in [-0.3, -0.25) is 0 Å². The number of nitrogens with one attached hydrogen (secondary N) is 1. The Kier molecular flexibility index (Phi) is 4.23. The van der Waals surface area contributed by atoms with E-state index in [0.717, 1.165) is 6.04 Å². The molecule has 0 amide bonds. The summed E-state index contributed by atoms with van der Waals surface area (Å²) in [5.74, 6) is 2.58. The van der Waals surface area contributed by atoms with Crippen molar-refractivity contribution in [1.29, 1.82) is 0 Å². The molecule has 0 aromatic carbocycles. The normalized spacial score (nSPS) is 26.7. The Bertz CT molecular complexity index is 79.3. The van der Waals surface area contributed by atoms with Gasteiger partial charge in [0.25, 0.3) is 0 Å². The van der Waals surface area contributed by atoms with Gasteiger partial charge in [-0.2, -0.15) is 11.8 Å². The van der Waals surface area contributed by atoms with E-state index in [1.807, 2.05) is 0 Å². The second kappa shape index (κ2) is 5.03. The Hall–Kier alpha value is 0.310. The lowest BCUT2D eigenvalue weighted by atomic mass is 10.1. The predicted octanol–water partition coefficient (Wildman–Crippen LogP) is 1.88. The molecular weight excluding hydrogens is 142 g/mol. The average molecular weight is 159 g/mol. The molecule has 0 saturated carbocycles. The van der Waals surface area contributed by atoms with E-state index in [1.165, 1.54) is 37.3 Å². The molecule has 2 heteroatoms. The van der Waals surface area contributed by atoms with Gasteiger partial charge >= 0.3 is 0 Å². The van der Waals surface area contributed by atoms with Crippen molar-refractivity contribution in [3.63, 3.8) is 0 Å². The highest BCUT2D eigenvalue weighted by Gasteiger charge is 2.10. The predicted molar refractivity (Wildman–Crippen MR) is 48.6 cm³/mol. The first-order valence-corrected chi connectivity index (χ1v) is 5.40. The Labute approximate surface area is 68.0 Å². The first-order valence-electron chi connectivity index (χ1n) is 4.24. The summed E-state index contributed by atoms with van der Waals surface area (Å²) < 4.78 is 0. The first kappa shape index (κ1) is 8.41. The maximum absolute atomic E-state index is 3.53. The summed E-state index contributed by atoms with van der Waals surface area (Å²) in [6.45, 7) is 3.47. The van der Waals surface area contributed by atoms with Crippen LogP contribution in [0.4, 0.5) is 0 Å². The van der Waals surface area contributed by atoms with Gasteiger partial charge in [-0.15, -0.1) is 0 Å². The maximum Gasteiger partial charge on any atom is 0.0158 e. The second-order valence-electron chi connectivity index (χ2n) is 2.81. The molecule has 1 nitrogen and oxygen atoms in total. The third kappa shape index (κ3) is 2.93. The fourth-order valence-corrected chi connectivity index (χ4v) is 2.13. The Morgan fingerprint density at radius 1 is 1.50 bits per heavy atom. The highest BCUT2D eigenvalue weighted by Crippen LogP contribution is 2.11. The summed E-state index contributed by atoms with van der Waals surface area (Å²) in [5.41, 5.74) is 0. The minimum absolute atomic E-state index is 0.818. The van der Waals surface area contributed by atoms with Crippen molar-refractivity contribution < 1.29 is 0 Å². The van der Waals surface area contributed by atoms with Gasteiger partial charge in [0.15, 0.2) is 0 Å². The zero-order valence-electron chi connectivity index (χ0n) is 6.73. The molecule has 1 aliphatic rings. The molecule has 1 atom stereocenters. The number of thioether (sulfide) groups is 1. The summed E-state index contributed by atoms with van der Waals surface area (Å²) in [7, 11) is 0. The number of rotatable bonds is 3. The van der Waals surface area contributed by atoms with Crippen molar-refractivity contribution in [1.82, 2.24) is 5.32 Å². The molecule has 1 N–H and O–H groups in total. The van der Waals surface area contributed by atoms with Crippen LogP contribution in [0.25, 0.3) is 0 Å². The molecule has 0 aromatic heterocycles. The summed E-state index contributed by atoms with van der Waals surface area (Å²) in [6, 6.07) is 0.818. The van der Waals surface area contributed by atoms with E-state index in [9.17, 15) is 0 Å². The largest absolute Gasteiger partial charge is 0.313 e. The minimum atomic E-state index is 0.818. The highest BCUT2D eigenvalue weighted by atomic mass is 32.2. The summed E-state index contributed by atoms with van der Waals surface area (Å²) in [5, 5.41) is 3.53. The molecule has 10 heavy (non-hydrogen) atoms. The molecular formula is C8H17NS. The summed E-state index contributed by atoms with van der Waals surface area (Å²) in [6.07, 6.45) is 4.21. The average Bonchev–Trinajstić information content (AvgIpc) is 2.03. The molecule has 1 heterocycles. The quantitative estimate of drug-likeness (QED) is 0.675. The lowest BCUT2D eigenvalue weighted by molar-refractivity contribution is 0.430. The molecule has 1 rings (SSSR count). The van der Waals surface area contributed by atoms with Crippen LogP contribution in [-0.4, -0.2) is 24.1 Å². The van der Waals surface area contributed by atoms with Crippen LogP contribution in [0.15, 0.2) is 0 Å². The smallest absolute Gasteiger partial charge is 0.0158 e. The SMILES string of the molecule is CCSC[C@H]1CCCCN1. The summed E-state index contributed by atoms with van der Waals surface area (Å²) >= 11 is 2.05. The molecule has 0 aromatic rings. The Balaban J connectivity index is 2.02. The first-order chi connectivity index (χ1) is 4.93. The third-order valence-electron chi connectivity index (χ3n) is 1.94. The zero-order valence-corrected chi connectivity index (χ0v) is 7.54. The third-order valence-corrected chi connectivity index (χ3v) is 2.98. The molecule has 0 radical (unpaired) electrons. The van der Waals surface area contributed by atoms with Gasteiger partial charge in [0.2, 0.25) is 0 Å². The maximum atomic E-state index is 3.53. The summed E-state index contributed by atoms with van der Waals surface area (Å²) in [4.78, 5) is 0. The van der Waals surface area contributed by atoms with E-state index in [-0.39, 0.29) is 0 Å². The van der Waals surface area contributed by atoms with Crippen LogP contribution in [-0.2, 0) is 0 Å². The van der Waals surface area contributed by atoms with Crippen LogP contribution < -0.4 is 5.32 Å². The van der Waals surface area contributed by atoms with E-state index >= 15 is 0 Å². The molecule has 0 unspecified atom stereocenters. The lowest BCUT2D eigenvalue weighted by Crippen LogP contribution is -2.35. The van der Waals surface area contributed by atoms with Crippen LogP contribution in [0.2, 0.25) is 0 Å². The Morgan fingerprint density at radius 3 is 3.00 bits per heavy atom. The van der Waals surface area contributed by atoms with Crippen LogP contribution in [0.1, 0.15) is 26.2 Å². The molecule has 0 bridgehead atoms. The molecule has 1 aliphatic heterocycles. The fraction of sp³-hybridized carbons (Fsp3) is 1.00. The van der Waals surface area contributed by atoms with Gasteiger partial charge in [0, 0.05) is 11.8 Å². The molecule has 0 spiro atoms. The van der Waals surface area contributed by atoms with Crippen molar-refractivity contribution in [2.45, 2.75) is 32.2 Å². The molecule has 1 fully saturated rings. The van der Waals surface area contributed by atoms with Gasteiger partial charge < -0.3 is 5.32 Å². The number of hydrogen-bond acceptors (Lipinski definition) is 2. The van der Waals surface area contributed by atoms with Crippen LogP contribution in [0.5, 0.6) is 0 Å².